The first-order valence-corrected chi connectivity index (χ1v) is 7.30. The summed E-state index contributed by atoms with van der Waals surface area (Å²) in [7, 11) is 0. The van der Waals surface area contributed by atoms with Gasteiger partial charge in [-0.25, -0.2) is 0 Å². The van der Waals surface area contributed by atoms with Crippen LogP contribution >= 0.6 is 0 Å². The highest BCUT2D eigenvalue weighted by molar-refractivity contribution is 5.29. The second-order valence-electron chi connectivity index (χ2n) is 5.43. The Hall–Kier alpha value is -1.80. The van der Waals surface area contributed by atoms with E-state index in [1.165, 1.54) is 18.4 Å². The third-order valence-corrected chi connectivity index (χ3v) is 3.64. The summed E-state index contributed by atoms with van der Waals surface area (Å²) in [5.41, 5.74) is 2.23. The zero-order valence-electron chi connectivity index (χ0n) is 11.5. The van der Waals surface area contributed by atoms with Crippen molar-refractivity contribution >= 4 is 0 Å². The standard InChI is InChI=1S/C18H20O2/c19-18(13-6-14-4-2-1-3-5-14)15-7-9-16(10-8-15)20-17-11-12-17/h1-5,7-10,17-19H,6,11-13H2. The van der Waals surface area contributed by atoms with E-state index in [9.17, 15) is 5.11 Å². The molecule has 0 bridgehead atoms. The number of aliphatic hydroxyl groups is 1. The van der Waals surface area contributed by atoms with Crippen LogP contribution in [-0.4, -0.2) is 11.2 Å². The predicted octanol–water partition coefficient (Wildman–Crippen LogP) is 3.89. The van der Waals surface area contributed by atoms with Crippen molar-refractivity contribution in [1.82, 2.24) is 0 Å². The Bertz CT molecular complexity index is 529. The number of aliphatic hydroxyl groups excluding tert-OH is 1. The smallest absolute Gasteiger partial charge is 0.119 e. The van der Waals surface area contributed by atoms with Crippen LogP contribution in [0.15, 0.2) is 54.6 Å². The van der Waals surface area contributed by atoms with Crippen LogP contribution in [0.1, 0.15) is 36.5 Å². The van der Waals surface area contributed by atoms with Gasteiger partial charge < -0.3 is 9.84 Å². The second-order valence-corrected chi connectivity index (χ2v) is 5.43. The van der Waals surface area contributed by atoms with Crippen molar-refractivity contribution in [2.24, 2.45) is 0 Å². The lowest BCUT2D eigenvalue weighted by Crippen LogP contribution is -2.00. The van der Waals surface area contributed by atoms with Gasteiger partial charge in [-0.05, 0) is 48.9 Å². The molecule has 1 N–H and O–H groups in total. The van der Waals surface area contributed by atoms with Gasteiger partial charge in [0.1, 0.15) is 5.75 Å². The van der Waals surface area contributed by atoms with E-state index in [2.05, 4.69) is 12.1 Å². The van der Waals surface area contributed by atoms with Gasteiger partial charge in [-0.15, -0.1) is 0 Å². The van der Waals surface area contributed by atoms with E-state index in [0.29, 0.717) is 6.10 Å². The lowest BCUT2D eigenvalue weighted by molar-refractivity contribution is 0.167. The number of hydrogen-bond donors (Lipinski definition) is 1. The Balaban J connectivity index is 1.54. The molecule has 0 aromatic heterocycles. The summed E-state index contributed by atoms with van der Waals surface area (Å²) in [4.78, 5) is 0. The van der Waals surface area contributed by atoms with Crippen LogP contribution in [-0.2, 0) is 6.42 Å². The van der Waals surface area contributed by atoms with Gasteiger partial charge in [0, 0.05) is 0 Å². The van der Waals surface area contributed by atoms with E-state index < -0.39 is 6.10 Å². The first-order valence-electron chi connectivity index (χ1n) is 7.30. The summed E-state index contributed by atoms with van der Waals surface area (Å²) >= 11 is 0. The highest BCUT2D eigenvalue weighted by Gasteiger charge is 2.23. The Kier molecular flexibility index (Phi) is 4.03. The highest BCUT2D eigenvalue weighted by atomic mass is 16.5. The molecule has 0 amide bonds. The fourth-order valence-corrected chi connectivity index (χ4v) is 2.26. The van der Waals surface area contributed by atoms with Gasteiger partial charge >= 0.3 is 0 Å². The molecule has 104 valence electrons. The van der Waals surface area contributed by atoms with Crippen LogP contribution < -0.4 is 4.74 Å². The van der Waals surface area contributed by atoms with Crippen LogP contribution in [0.4, 0.5) is 0 Å². The Morgan fingerprint density at radius 1 is 1.00 bits per heavy atom. The minimum Gasteiger partial charge on any atom is -0.490 e. The predicted molar refractivity (Wildman–Crippen MR) is 79.8 cm³/mol. The summed E-state index contributed by atoms with van der Waals surface area (Å²) in [6.07, 6.45) is 3.98. The fraction of sp³-hybridized carbons (Fsp3) is 0.333. The van der Waals surface area contributed by atoms with Crippen molar-refractivity contribution in [1.29, 1.82) is 0 Å². The molecule has 2 heteroatoms. The Labute approximate surface area is 120 Å². The number of rotatable bonds is 6. The quantitative estimate of drug-likeness (QED) is 0.861. The van der Waals surface area contributed by atoms with Gasteiger partial charge in [-0.1, -0.05) is 42.5 Å². The third-order valence-electron chi connectivity index (χ3n) is 3.64. The Morgan fingerprint density at radius 3 is 2.35 bits per heavy atom. The van der Waals surface area contributed by atoms with Crippen LogP contribution in [0, 0.1) is 0 Å². The topological polar surface area (TPSA) is 29.5 Å². The van der Waals surface area contributed by atoms with Gasteiger partial charge in [0.25, 0.3) is 0 Å². The maximum atomic E-state index is 10.2. The van der Waals surface area contributed by atoms with Gasteiger partial charge in [0.2, 0.25) is 0 Å². The van der Waals surface area contributed by atoms with Crippen molar-refractivity contribution < 1.29 is 9.84 Å². The zero-order valence-corrected chi connectivity index (χ0v) is 11.5. The molecular weight excluding hydrogens is 248 g/mol. The van der Waals surface area contributed by atoms with Crippen LogP contribution in [0.5, 0.6) is 5.75 Å². The van der Waals surface area contributed by atoms with E-state index in [1.54, 1.807) is 0 Å². The summed E-state index contributed by atoms with van der Waals surface area (Å²) in [5, 5.41) is 10.2. The minimum absolute atomic E-state index is 0.412. The summed E-state index contributed by atoms with van der Waals surface area (Å²) in [5.74, 6) is 0.909. The molecule has 1 unspecified atom stereocenters. The molecule has 1 saturated carbocycles. The zero-order chi connectivity index (χ0) is 13.8. The molecular formula is C18H20O2. The summed E-state index contributed by atoms with van der Waals surface area (Å²) in [6.45, 7) is 0. The van der Waals surface area contributed by atoms with Crippen LogP contribution in [0.2, 0.25) is 0 Å². The molecule has 2 nitrogen and oxygen atoms in total. The molecule has 0 radical (unpaired) electrons. The molecule has 1 fully saturated rings. The van der Waals surface area contributed by atoms with Gasteiger partial charge in [-0.3, -0.25) is 0 Å². The number of benzene rings is 2. The molecule has 1 aliphatic rings. The molecule has 3 rings (SSSR count). The monoisotopic (exact) mass is 268 g/mol. The molecule has 0 saturated heterocycles. The average Bonchev–Trinajstić information content (AvgIpc) is 3.31. The number of ether oxygens (including phenoxy) is 1. The van der Waals surface area contributed by atoms with E-state index in [0.717, 1.165) is 24.2 Å². The lowest BCUT2D eigenvalue weighted by atomic mass is 10.0. The number of aryl methyl sites for hydroxylation is 1. The largest absolute Gasteiger partial charge is 0.490 e. The molecule has 1 atom stereocenters. The average molecular weight is 268 g/mol. The first-order chi connectivity index (χ1) is 9.81. The molecule has 0 aliphatic heterocycles. The molecule has 20 heavy (non-hydrogen) atoms. The molecule has 1 aliphatic carbocycles. The molecule has 0 heterocycles. The van der Waals surface area contributed by atoms with E-state index in [1.807, 2.05) is 42.5 Å². The first kappa shape index (κ1) is 13.2. The van der Waals surface area contributed by atoms with Crippen molar-refractivity contribution in [2.75, 3.05) is 0 Å². The minimum atomic E-state index is -0.412. The summed E-state index contributed by atoms with van der Waals surface area (Å²) in [6, 6.07) is 18.1. The lowest BCUT2D eigenvalue weighted by Gasteiger charge is -2.12. The fourth-order valence-electron chi connectivity index (χ4n) is 2.26. The maximum absolute atomic E-state index is 10.2. The van der Waals surface area contributed by atoms with Gasteiger partial charge in [-0.2, -0.15) is 0 Å². The third kappa shape index (κ3) is 3.61. The maximum Gasteiger partial charge on any atom is 0.119 e. The SMILES string of the molecule is OC(CCc1ccccc1)c1ccc(OC2CC2)cc1. The highest BCUT2D eigenvalue weighted by Crippen LogP contribution is 2.28. The van der Waals surface area contributed by atoms with Crippen molar-refractivity contribution in [3.8, 4) is 5.75 Å². The van der Waals surface area contributed by atoms with Crippen molar-refractivity contribution in [3.05, 3.63) is 65.7 Å². The van der Waals surface area contributed by atoms with E-state index >= 15 is 0 Å². The van der Waals surface area contributed by atoms with Gasteiger partial charge in [0.05, 0.1) is 12.2 Å². The molecule has 0 spiro atoms. The molecule has 2 aromatic rings. The summed E-state index contributed by atoms with van der Waals surface area (Å²) < 4.78 is 5.71. The van der Waals surface area contributed by atoms with Crippen LogP contribution in [0.25, 0.3) is 0 Å². The van der Waals surface area contributed by atoms with E-state index in [-0.39, 0.29) is 0 Å². The van der Waals surface area contributed by atoms with Crippen molar-refractivity contribution in [3.63, 3.8) is 0 Å². The molecule has 2 aromatic carbocycles. The number of hydrogen-bond acceptors (Lipinski definition) is 2. The van der Waals surface area contributed by atoms with Gasteiger partial charge in [0.15, 0.2) is 0 Å². The van der Waals surface area contributed by atoms with Crippen LogP contribution in [0.3, 0.4) is 0 Å². The van der Waals surface area contributed by atoms with Crippen molar-refractivity contribution in [2.45, 2.75) is 37.9 Å². The second kappa shape index (κ2) is 6.10. The van der Waals surface area contributed by atoms with E-state index in [4.69, 9.17) is 4.74 Å². The Morgan fingerprint density at radius 2 is 1.70 bits per heavy atom. The normalized spacial score (nSPS) is 15.8.